The standard InChI is InChI=1S/2C25H27N3O5/c2*29-23-9-8-21(24(30)26-23)28-15-20-19(25(28)31)2-1-3-22(20)33-16-18-6-4-17(5-7-18)14-27-10-12-32-13-11-27/h2*1-7,21H,8-16H2,(H,26,29,30)/t2*21-/m10/s1. The molecule has 16 heteroatoms. The van der Waals surface area contributed by atoms with Crippen LogP contribution in [0.25, 0.3) is 0 Å². The number of morpholine rings is 2. The molecule has 0 radical (unpaired) electrons. The molecule has 4 aromatic rings. The molecule has 10 rings (SSSR count). The van der Waals surface area contributed by atoms with Crippen LogP contribution >= 0.6 is 0 Å². The zero-order valence-electron chi connectivity index (χ0n) is 36.8. The monoisotopic (exact) mass is 898 g/mol. The lowest BCUT2D eigenvalue weighted by Crippen LogP contribution is -2.52. The van der Waals surface area contributed by atoms with Gasteiger partial charge in [-0.25, -0.2) is 0 Å². The second kappa shape index (κ2) is 20.4. The number of nitrogens with one attached hydrogen (secondary N) is 2. The summed E-state index contributed by atoms with van der Waals surface area (Å²) in [7, 11) is 0. The molecular formula is C50H54N6O10. The number of imide groups is 2. The number of amides is 6. The van der Waals surface area contributed by atoms with Gasteiger partial charge >= 0.3 is 0 Å². The molecular weight excluding hydrogens is 845 g/mol. The van der Waals surface area contributed by atoms with Gasteiger partial charge in [-0.3, -0.25) is 49.2 Å². The van der Waals surface area contributed by atoms with Crippen LogP contribution in [0.1, 0.15) is 79.8 Å². The van der Waals surface area contributed by atoms with Gasteiger partial charge < -0.3 is 28.7 Å². The highest BCUT2D eigenvalue weighted by molar-refractivity contribution is 6.06. The summed E-state index contributed by atoms with van der Waals surface area (Å²) in [6.07, 6.45) is 1.16. The third kappa shape index (κ3) is 10.3. The van der Waals surface area contributed by atoms with E-state index < -0.39 is 23.9 Å². The van der Waals surface area contributed by atoms with Gasteiger partial charge in [0.25, 0.3) is 11.8 Å². The lowest BCUT2D eigenvalue weighted by molar-refractivity contribution is -0.138. The molecule has 16 nitrogen and oxygen atoms in total. The molecule has 0 unspecified atom stereocenters. The average molecular weight is 899 g/mol. The number of rotatable bonds is 12. The first-order chi connectivity index (χ1) is 32.2. The minimum atomic E-state index is -0.630. The van der Waals surface area contributed by atoms with Crippen LogP contribution in [-0.4, -0.2) is 120 Å². The van der Waals surface area contributed by atoms with E-state index in [2.05, 4.69) is 69.0 Å². The van der Waals surface area contributed by atoms with Crippen molar-refractivity contribution in [3.63, 3.8) is 0 Å². The molecule has 344 valence electrons. The Balaban J connectivity index is 0.000000166. The maximum atomic E-state index is 12.9. The fraction of sp³-hybridized carbons (Fsp3) is 0.400. The van der Waals surface area contributed by atoms with E-state index in [0.29, 0.717) is 61.8 Å². The van der Waals surface area contributed by atoms with E-state index in [-0.39, 0.29) is 36.5 Å². The Hall–Kier alpha value is -6.46. The van der Waals surface area contributed by atoms with E-state index in [1.165, 1.54) is 11.1 Å². The van der Waals surface area contributed by atoms with E-state index in [0.717, 1.165) is 87.9 Å². The highest BCUT2D eigenvalue weighted by Gasteiger charge is 2.41. The minimum absolute atomic E-state index is 0.197. The molecule has 0 spiro atoms. The first kappa shape index (κ1) is 44.7. The van der Waals surface area contributed by atoms with Gasteiger partial charge in [-0.15, -0.1) is 0 Å². The molecule has 6 amide bonds. The van der Waals surface area contributed by atoms with Crippen molar-refractivity contribution in [3.8, 4) is 11.5 Å². The highest BCUT2D eigenvalue weighted by Crippen LogP contribution is 2.35. The van der Waals surface area contributed by atoms with E-state index in [9.17, 15) is 28.8 Å². The normalized spacial score (nSPS) is 21.2. The summed E-state index contributed by atoms with van der Waals surface area (Å²) < 4.78 is 23.0. The van der Waals surface area contributed by atoms with Crippen LogP contribution in [0.15, 0.2) is 84.9 Å². The number of fused-ring (bicyclic) bond motifs is 2. The maximum Gasteiger partial charge on any atom is 0.255 e. The Kier molecular flexibility index (Phi) is 13.8. The average Bonchev–Trinajstić information content (AvgIpc) is 3.85. The number of piperidine rings is 2. The Morgan fingerprint density at radius 2 is 0.879 bits per heavy atom. The number of carbonyl (C=O) groups is 6. The van der Waals surface area contributed by atoms with Crippen LogP contribution in [0.5, 0.6) is 11.5 Å². The number of hydrogen-bond donors (Lipinski definition) is 2. The summed E-state index contributed by atoms with van der Waals surface area (Å²) in [5.74, 6) is -0.504. The SMILES string of the molecule is O=C1CC[C@@H](N2Cc3c(OCc4ccc(CN5CCOCC5)cc4)cccc3C2=O)C(=O)N1.O=C1CC[C@H](N2Cc3c(OCc4ccc(CN5CCOCC5)cc4)cccc3C2=O)C(=O)N1. The van der Waals surface area contributed by atoms with Crippen molar-refractivity contribution in [3.05, 3.63) is 129 Å². The second-order valence-corrected chi connectivity index (χ2v) is 17.4. The first-order valence-corrected chi connectivity index (χ1v) is 22.7. The van der Waals surface area contributed by atoms with Crippen molar-refractivity contribution in [2.75, 3.05) is 52.6 Å². The number of carbonyl (C=O) groups excluding carboxylic acids is 6. The molecule has 0 aliphatic carbocycles. The fourth-order valence-electron chi connectivity index (χ4n) is 9.22. The molecule has 2 N–H and O–H groups in total. The van der Waals surface area contributed by atoms with E-state index >= 15 is 0 Å². The van der Waals surface area contributed by atoms with Crippen molar-refractivity contribution >= 4 is 35.4 Å². The Labute approximate surface area is 383 Å². The first-order valence-electron chi connectivity index (χ1n) is 22.7. The van der Waals surface area contributed by atoms with Crippen LogP contribution in [-0.2, 0) is 68.0 Å². The fourth-order valence-corrected chi connectivity index (χ4v) is 9.22. The molecule has 0 bridgehead atoms. The molecule has 6 aliphatic rings. The van der Waals surface area contributed by atoms with Crippen LogP contribution in [0, 0.1) is 0 Å². The van der Waals surface area contributed by atoms with Gasteiger partial charge in [0.15, 0.2) is 0 Å². The second-order valence-electron chi connectivity index (χ2n) is 17.4. The summed E-state index contributed by atoms with van der Waals surface area (Å²) in [5, 5.41) is 4.67. The lowest BCUT2D eigenvalue weighted by Gasteiger charge is -2.29. The maximum absolute atomic E-state index is 12.9. The number of nitrogens with zero attached hydrogens (tertiary/aromatic N) is 4. The summed E-state index contributed by atoms with van der Waals surface area (Å²) in [6.45, 7) is 10.2. The molecule has 4 fully saturated rings. The number of hydrogen-bond acceptors (Lipinski definition) is 12. The third-order valence-electron chi connectivity index (χ3n) is 12.9. The van der Waals surface area contributed by atoms with Crippen LogP contribution in [0.4, 0.5) is 0 Å². The molecule has 4 saturated heterocycles. The van der Waals surface area contributed by atoms with Crippen molar-refractivity contribution < 1.29 is 47.7 Å². The van der Waals surface area contributed by atoms with E-state index in [4.69, 9.17) is 18.9 Å². The van der Waals surface area contributed by atoms with Gasteiger partial charge in [-0.1, -0.05) is 60.7 Å². The predicted molar refractivity (Wildman–Crippen MR) is 239 cm³/mol. The summed E-state index contributed by atoms with van der Waals surface area (Å²) in [5.41, 5.74) is 7.29. The van der Waals surface area contributed by atoms with Crippen LogP contribution < -0.4 is 20.1 Å². The van der Waals surface area contributed by atoms with E-state index in [1.807, 2.05) is 12.1 Å². The van der Waals surface area contributed by atoms with Gasteiger partial charge in [0, 0.05) is 74.4 Å². The van der Waals surface area contributed by atoms with Gasteiger partial charge in [0.2, 0.25) is 23.6 Å². The van der Waals surface area contributed by atoms with Gasteiger partial charge in [0.1, 0.15) is 36.8 Å². The van der Waals surface area contributed by atoms with Crippen LogP contribution in [0.3, 0.4) is 0 Å². The minimum Gasteiger partial charge on any atom is -0.489 e. The zero-order chi connectivity index (χ0) is 45.6. The molecule has 66 heavy (non-hydrogen) atoms. The smallest absolute Gasteiger partial charge is 0.255 e. The quantitative estimate of drug-likeness (QED) is 0.198. The van der Waals surface area contributed by atoms with Crippen LogP contribution in [0.2, 0.25) is 0 Å². The Bertz CT molecular complexity index is 2300. The van der Waals surface area contributed by atoms with Gasteiger partial charge in [0.05, 0.1) is 39.5 Å². The molecule has 6 heterocycles. The topological polar surface area (TPSA) is 176 Å². The van der Waals surface area contributed by atoms with E-state index in [1.54, 1.807) is 34.1 Å². The van der Waals surface area contributed by atoms with Crippen molar-refractivity contribution in [1.29, 1.82) is 0 Å². The molecule has 0 saturated carbocycles. The van der Waals surface area contributed by atoms with Crippen molar-refractivity contribution in [2.24, 2.45) is 0 Å². The number of benzene rings is 4. The molecule has 6 aliphatic heterocycles. The Morgan fingerprint density at radius 1 is 0.500 bits per heavy atom. The number of ether oxygens (including phenoxy) is 4. The third-order valence-corrected chi connectivity index (χ3v) is 12.9. The molecule has 0 aromatic heterocycles. The zero-order valence-corrected chi connectivity index (χ0v) is 36.8. The van der Waals surface area contributed by atoms with Crippen molar-refractivity contribution in [1.82, 2.24) is 30.2 Å². The van der Waals surface area contributed by atoms with Crippen molar-refractivity contribution in [2.45, 2.75) is 77.2 Å². The van der Waals surface area contributed by atoms with Gasteiger partial charge in [-0.05, 0) is 59.4 Å². The molecule has 4 aromatic carbocycles. The summed E-state index contributed by atoms with van der Waals surface area (Å²) in [4.78, 5) is 81.2. The van der Waals surface area contributed by atoms with Gasteiger partial charge in [-0.2, -0.15) is 0 Å². The summed E-state index contributed by atoms with van der Waals surface area (Å²) >= 11 is 0. The molecule has 2 atom stereocenters. The largest absolute Gasteiger partial charge is 0.489 e. The Morgan fingerprint density at radius 3 is 1.26 bits per heavy atom. The lowest BCUT2D eigenvalue weighted by atomic mass is 10.0. The predicted octanol–water partition coefficient (Wildman–Crippen LogP) is 3.72. The highest BCUT2D eigenvalue weighted by atomic mass is 16.5. The summed E-state index contributed by atoms with van der Waals surface area (Å²) in [6, 6.07) is 26.3.